The summed E-state index contributed by atoms with van der Waals surface area (Å²) in [6, 6.07) is 3.06. The van der Waals surface area contributed by atoms with Gasteiger partial charge in [0.2, 0.25) is 0 Å². The third-order valence-corrected chi connectivity index (χ3v) is 1.26. The van der Waals surface area contributed by atoms with Gasteiger partial charge in [-0.2, -0.15) is 0 Å². The van der Waals surface area contributed by atoms with Gasteiger partial charge in [-0.1, -0.05) is 0 Å². The zero-order chi connectivity index (χ0) is 10.1. The van der Waals surface area contributed by atoms with E-state index in [9.17, 15) is 13.2 Å². The summed E-state index contributed by atoms with van der Waals surface area (Å²) < 4.78 is 40.6. The third-order valence-electron chi connectivity index (χ3n) is 1.18. The fourth-order valence-corrected chi connectivity index (χ4v) is 0.808. The van der Waals surface area contributed by atoms with Gasteiger partial charge in [-0.05, 0) is 12.1 Å². The number of benzene rings is 1. The normalized spacial score (nSPS) is 11.4. The summed E-state index contributed by atoms with van der Waals surface area (Å²) in [6.45, 7) is 0. The van der Waals surface area contributed by atoms with E-state index in [2.05, 4.69) is 16.3 Å². The van der Waals surface area contributed by atoms with E-state index >= 15 is 0 Å². The molecule has 0 radical (unpaired) electrons. The summed E-state index contributed by atoms with van der Waals surface area (Å²) in [7, 11) is 0. The Morgan fingerprint density at radius 3 is 2.46 bits per heavy atom. The van der Waals surface area contributed by atoms with Crippen molar-refractivity contribution in [3.63, 3.8) is 0 Å². The Morgan fingerprint density at radius 1 is 1.38 bits per heavy atom. The zero-order valence-corrected chi connectivity index (χ0v) is 6.99. The van der Waals surface area contributed by atoms with Crippen molar-refractivity contribution in [3.8, 4) is 5.75 Å². The maximum Gasteiger partial charge on any atom is 0.487 e. The molecule has 1 rings (SSSR count). The first-order valence-corrected chi connectivity index (χ1v) is 3.57. The molecule has 0 saturated carbocycles. The van der Waals surface area contributed by atoms with Crippen LogP contribution in [-0.2, 0) is 0 Å². The molecular weight excluding hydrogens is 207 g/mol. The zero-order valence-electron chi connectivity index (χ0n) is 6.23. The third kappa shape index (κ3) is 3.02. The molecule has 0 amide bonds. The fraction of sp³-hybridized carbons (Fsp3) is 0.143. The number of anilines is 1. The number of ether oxygens (including phenoxy) is 1. The second-order valence-corrected chi connectivity index (χ2v) is 2.68. The minimum Gasteiger partial charge on any atom is -0.417 e. The molecule has 0 aliphatic carbocycles. The smallest absolute Gasteiger partial charge is 0.417 e. The highest BCUT2D eigenvalue weighted by Crippen LogP contribution is 2.27. The van der Waals surface area contributed by atoms with E-state index in [1.807, 2.05) is 0 Å². The van der Waals surface area contributed by atoms with Gasteiger partial charge in [-0.3, -0.25) is 0 Å². The van der Waals surface area contributed by atoms with E-state index < -0.39 is 17.1 Å². The van der Waals surface area contributed by atoms with Crippen molar-refractivity contribution in [2.75, 3.05) is 5.73 Å². The van der Waals surface area contributed by atoms with E-state index in [1.165, 1.54) is 6.07 Å². The first-order valence-electron chi connectivity index (χ1n) is 3.19. The van der Waals surface area contributed by atoms with Crippen LogP contribution < -0.4 is 10.5 Å². The molecule has 0 spiro atoms. The van der Waals surface area contributed by atoms with Gasteiger partial charge in [0.15, 0.2) is 11.6 Å². The molecule has 0 atom stereocenters. The van der Waals surface area contributed by atoms with E-state index in [0.29, 0.717) is 0 Å². The average molecular weight is 212 g/mol. The van der Waals surface area contributed by atoms with Gasteiger partial charge in [0.05, 0.1) is 0 Å². The predicted octanol–water partition coefficient (Wildman–Crippen LogP) is 2.58. The van der Waals surface area contributed by atoms with Crippen LogP contribution in [0.25, 0.3) is 0 Å². The van der Waals surface area contributed by atoms with Gasteiger partial charge < -0.3 is 10.5 Å². The molecular formula is C7H5ClF3NO. The molecule has 0 unspecified atom stereocenters. The molecule has 0 bridgehead atoms. The van der Waals surface area contributed by atoms with Crippen molar-refractivity contribution in [1.29, 1.82) is 0 Å². The Labute approximate surface area is 77.0 Å². The van der Waals surface area contributed by atoms with Crippen LogP contribution in [0.2, 0.25) is 0 Å². The number of halogens is 4. The molecule has 0 aliphatic rings. The standard InChI is InChI=1S/C7H5ClF3NO/c8-7(10,11)13-6-2-1-4(12)3-5(6)9/h1-3H,12H2. The van der Waals surface area contributed by atoms with Crippen molar-refractivity contribution in [2.45, 2.75) is 5.57 Å². The Morgan fingerprint density at radius 2 is 2.00 bits per heavy atom. The lowest BCUT2D eigenvalue weighted by atomic mass is 10.3. The van der Waals surface area contributed by atoms with Crippen LogP contribution in [0.1, 0.15) is 0 Å². The van der Waals surface area contributed by atoms with Crippen LogP contribution in [0, 0.1) is 5.82 Å². The van der Waals surface area contributed by atoms with Crippen LogP contribution >= 0.6 is 11.6 Å². The number of alkyl halides is 3. The SMILES string of the molecule is Nc1ccc(OC(F)(F)Cl)c(F)c1. The Balaban J connectivity index is 2.90. The van der Waals surface area contributed by atoms with Crippen LogP contribution in [0.5, 0.6) is 5.75 Å². The highest BCUT2D eigenvalue weighted by molar-refractivity contribution is 6.20. The quantitative estimate of drug-likeness (QED) is 0.603. The first kappa shape index (κ1) is 9.98. The highest BCUT2D eigenvalue weighted by Gasteiger charge is 2.28. The second kappa shape index (κ2) is 3.33. The summed E-state index contributed by atoms with van der Waals surface area (Å²) in [5, 5.41) is 0. The fourth-order valence-electron chi connectivity index (χ4n) is 0.725. The Bertz CT molecular complexity index is 313. The number of hydrogen-bond donors (Lipinski definition) is 1. The first-order chi connectivity index (χ1) is 5.88. The summed E-state index contributed by atoms with van der Waals surface area (Å²) in [5.74, 6) is -1.63. The van der Waals surface area contributed by atoms with Gasteiger partial charge in [0.25, 0.3) is 0 Å². The van der Waals surface area contributed by atoms with Crippen LogP contribution in [0.15, 0.2) is 18.2 Å². The predicted molar refractivity (Wildman–Crippen MR) is 42.2 cm³/mol. The van der Waals surface area contributed by atoms with Gasteiger partial charge in [0, 0.05) is 23.4 Å². The molecule has 13 heavy (non-hydrogen) atoms. The molecule has 2 N–H and O–H groups in total. The monoisotopic (exact) mass is 211 g/mol. The largest absolute Gasteiger partial charge is 0.487 e. The van der Waals surface area contributed by atoms with Gasteiger partial charge in [-0.25, -0.2) is 4.39 Å². The van der Waals surface area contributed by atoms with Crippen LogP contribution in [0.4, 0.5) is 18.9 Å². The molecule has 0 aromatic heterocycles. The lowest BCUT2D eigenvalue weighted by Gasteiger charge is -2.10. The molecule has 2 nitrogen and oxygen atoms in total. The maximum atomic E-state index is 12.8. The molecule has 72 valence electrons. The van der Waals surface area contributed by atoms with E-state index in [0.717, 1.165) is 12.1 Å². The maximum absolute atomic E-state index is 12.8. The summed E-state index contributed by atoms with van der Waals surface area (Å²) in [6.07, 6.45) is 0. The second-order valence-electron chi connectivity index (χ2n) is 2.24. The van der Waals surface area contributed by atoms with Gasteiger partial charge >= 0.3 is 5.57 Å². The molecule has 0 saturated heterocycles. The Hall–Kier alpha value is -1.10. The minimum absolute atomic E-state index is 0.114. The Kier molecular flexibility index (Phi) is 2.56. The van der Waals surface area contributed by atoms with Gasteiger partial charge in [0.1, 0.15) is 0 Å². The van der Waals surface area contributed by atoms with Crippen LogP contribution in [-0.4, -0.2) is 5.57 Å². The lowest BCUT2D eigenvalue weighted by Crippen LogP contribution is -2.16. The van der Waals surface area contributed by atoms with E-state index in [4.69, 9.17) is 5.73 Å². The van der Waals surface area contributed by atoms with Crippen molar-refractivity contribution in [2.24, 2.45) is 0 Å². The molecule has 0 fully saturated rings. The average Bonchev–Trinajstić information content (AvgIpc) is 1.93. The number of nitrogens with two attached hydrogens (primary N) is 1. The lowest BCUT2D eigenvalue weighted by molar-refractivity contribution is -0.0984. The van der Waals surface area contributed by atoms with E-state index in [1.54, 1.807) is 0 Å². The number of rotatable bonds is 2. The summed E-state index contributed by atoms with van der Waals surface area (Å²) in [4.78, 5) is 0. The van der Waals surface area contributed by atoms with Crippen molar-refractivity contribution in [1.82, 2.24) is 0 Å². The molecule has 1 aromatic rings. The topological polar surface area (TPSA) is 35.2 Å². The molecule has 6 heteroatoms. The van der Waals surface area contributed by atoms with Crippen molar-refractivity contribution in [3.05, 3.63) is 24.0 Å². The number of nitrogen functional groups attached to an aromatic ring is 1. The van der Waals surface area contributed by atoms with Gasteiger partial charge in [-0.15, -0.1) is 8.78 Å². The van der Waals surface area contributed by atoms with Crippen molar-refractivity contribution >= 4 is 17.3 Å². The molecule has 0 aliphatic heterocycles. The number of hydrogen-bond acceptors (Lipinski definition) is 2. The minimum atomic E-state index is -3.92. The highest BCUT2D eigenvalue weighted by atomic mass is 35.5. The summed E-state index contributed by atoms with van der Waals surface area (Å²) in [5.41, 5.74) is 1.37. The van der Waals surface area contributed by atoms with Crippen molar-refractivity contribution < 1.29 is 17.9 Å². The van der Waals surface area contributed by atoms with Crippen LogP contribution in [0.3, 0.4) is 0 Å². The van der Waals surface area contributed by atoms with E-state index in [-0.39, 0.29) is 5.69 Å². The summed E-state index contributed by atoms with van der Waals surface area (Å²) >= 11 is 4.43. The molecule has 0 heterocycles. The molecule has 1 aromatic carbocycles.